The molecule has 0 radical (unpaired) electrons. The van der Waals surface area contributed by atoms with E-state index < -0.39 is 0 Å². The fourth-order valence-electron chi connectivity index (χ4n) is 2.19. The molecule has 2 aromatic rings. The number of carbonyl (C=O) groups is 1. The minimum Gasteiger partial charge on any atom is -0.352 e. The van der Waals surface area contributed by atoms with Gasteiger partial charge in [0.05, 0.1) is 5.92 Å². The quantitative estimate of drug-likeness (QED) is 0.850. The molecule has 1 amide bonds. The van der Waals surface area contributed by atoms with Gasteiger partial charge in [0, 0.05) is 25.5 Å². The highest BCUT2D eigenvalue weighted by atomic mass is 16.1. The van der Waals surface area contributed by atoms with Gasteiger partial charge >= 0.3 is 0 Å². The Hall–Kier alpha value is -2.20. The van der Waals surface area contributed by atoms with Gasteiger partial charge in [-0.05, 0) is 36.1 Å². The number of carbonyl (C=O) groups excluding carboxylic acids is 1. The molecule has 4 heteroatoms. The summed E-state index contributed by atoms with van der Waals surface area (Å²) in [6, 6.07) is 11.9. The fourth-order valence-corrected chi connectivity index (χ4v) is 2.19. The average Bonchev–Trinajstić information content (AvgIpc) is 2.52. The summed E-state index contributed by atoms with van der Waals surface area (Å²) < 4.78 is 0. The standard InChI is InChI=1S/C17H21N3O/c1-13-7-8-19-11-16(13)12-20-17(21)15(10-18)9-14-5-3-2-4-6-14/h2-8,11,15H,9-10,12,18H2,1H3,(H,20,21). The number of nitrogens with zero attached hydrogens (tertiary/aromatic N) is 1. The van der Waals surface area contributed by atoms with Gasteiger partial charge in [-0.15, -0.1) is 0 Å². The van der Waals surface area contributed by atoms with Crippen LogP contribution in [0.3, 0.4) is 0 Å². The molecule has 0 aliphatic rings. The highest BCUT2D eigenvalue weighted by Gasteiger charge is 2.17. The van der Waals surface area contributed by atoms with Crippen molar-refractivity contribution in [2.75, 3.05) is 6.54 Å². The minimum atomic E-state index is -0.204. The number of hydrogen-bond acceptors (Lipinski definition) is 3. The number of rotatable bonds is 6. The van der Waals surface area contributed by atoms with Gasteiger partial charge < -0.3 is 11.1 Å². The van der Waals surface area contributed by atoms with E-state index in [0.717, 1.165) is 16.7 Å². The molecule has 0 aliphatic heterocycles. The minimum absolute atomic E-state index is 0.00962. The molecule has 0 bridgehead atoms. The van der Waals surface area contributed by atoms with Gasteiger partial charge in [0.25, 0.3) is 0 Å². The second kappa shape index (κ2) is 7.55. The van der Waals surface area contributed by atoms with E-state index in [1.54, 1.807) is 12.4 Å². The molecule has 1 atom stereocenters. The molecule has 4 nitrogen and oxygen atoms in total. The van der Waals surface area contributed by atoms with Crippen LogP contribution >= 0.6 is 0 Å². The maximum atomic E-state index is 12.3. The molecule has 0 saturated carbocycles. The molecule has 110 valence electrons. The average molecular weight is 283 g/mol. The number of amides is 1. The van der Waals surface area contributed by atoms with Crippen molar-refractivity contribution < 1.29 is 4.79 Å². The molecule has 0 spiro atoms. The third-order valence-corrected chi connectivity index (χ3v) is 3.58. The summed E-state index contributed by atoms with van der Waals surface area (Å²) in [5.41, 5.74) is 9.02. The monoisotopic (exact) mass is 283 g/mol. The third-order valence-electron chi connectivity index (χ3n) is 3.58. The van der Waals surface area contributed by atoms with Gasteiger partial charge in [-0.3, -0.25) is 9.78 Å². The van der Waals surface area contributed by atoms with Crippen molar-refractivity contribution in [2.45, 2.75) is 19.9 Å². The Morgan fingerprint density at radius 1 is 1.29 bits per heavy atom. The van der Waals surface area contributed by atoms with Gasteiger partial charge in [-0.25, -0.2) is 0 Å². The second-order valence-electron chi connectivity index (χ2n) is 5.14. The van der Waals surface area contributed by atoms with Crippen LogP contribution in [-0.4, -0.2) is 17.4 Å². The summed E-state index contributed by atoms with van der Waals surface area (Å²) in [7, 11) is 0. The van der Waals surface area contributed by atoms with Crippen LogP contribution in [0.1, 0.15) is 16.7 Å². The van der Waals surface area contributed by atoms with E-state index in [1.165, 1.54) is 0 Å². The van der Waals surface area contributed by atoms with Gasteiger partial charge in [0.1, 0.15) is 0 Å². The summed E-state index contributed by atoms with van der Waals surface area (Å²) in [5, 5.41) is 2.95. The van der Waals surface area contributed by atoms with Crippen molar-refractivity contribution in [1.82, 2.24) is 10.3 Å². The normalized spacial score (nSPS) is 11.9. The summed E-state index contributed by atoms with van der Waals surface area (Å²) in [5.74, 6) is -0.214. The summed E-state index contributed by atoms with van der Waals surface area (Å²) in [6.07, 6.45) is 4.19. The molecule has 1 aromatic heterocycles. The van der Waals surface area contributed by atoms with Gasteiger partial charge in [0.15, 0.2) is 0 Å². The Morgan fingerprint density at radius 3 is 2.71 bits per heavy atom. The van der Waals surface area contributed by atoms with Crippen LogP contribution in [0.4, 0.5) is 0 Å². The van der Waals surface area contributed by atoms with Crippen molar-refractivity contribution >= 4 is 5.91 Å². The van der Waals surface area contributed by atoms with Crippen LogP contribution in [0.2, 0.25) is 0 Å². The van der Waals surface area contributed by atoms with Crippen LogP contribution in [0.15, 0.2) is 48.8 Å². The van der Waals surface area contributed by atoms with E-state index in [1.807, 2.05) is 43.3 Å². The smallest absolute Gasteiger partial charge is 0.224 e. The topological polar surface area (TPSA) is 68.0 Å². The largest absolute Gasteiger partial charge is 0.352 e. The molecule has 1 aromatic carbocycles. The summed E-state index contributed by atoms with van der Waals surface area (Å²) in [6.45, 7) is 2.84. The first-order valence-corrected chi connectivity index (χ1v) is 7.12. The van der Waals surface area contributed by atoms with Crippen LogP contribution in [0.5, 0.6) is 0 Å². The van der Waals surface area contributed by atoms with Crippen LogP contribution in [-0.2, 0) is 17.8 Å². The number of aromatic nitrogens is 1. The maximum absolute atomic E-state index is 12.3. The van der Waals surface area contributed by atoms with E-state index >= 15 is 0 Å². The van der Waals surface area contributed by atoms with Crippen LogP contribution < -0.4 is 11.1 Å². The lowest BCUT2D eigenvalue weighted by Gasteiger charge is -2.15. The fraction of sp³-hybridized carbons (Fsp3) is 0.294. The Bertz CT molecular complexity index is 584. The molecule has 1 unspecified atom stereocenters. The Morgan fingerprint density at radius 2 is 2.05 bits per heavy atom. The molecule has 2 rings (SSSR count). The molecule has 0 fully saturated rings. The van der Waals surface area contributed by atoms with Crippen molar-refractivity contribution in [2.24, 2.45) is 11.7 Å². The lowest BCUT2D eigenvalue weighted by atomic mass is 9.98. The summed E-state index contributed by atoms with van der Waals surface area (Å²) >= 11 is 0. The molecular weight excluding hydrogens is 262 g/mol. The number of aryl methyl sites for hydroxylation is 1. The predicted octanol–water partition coefficient (Wildman–Crippen LogP) is 1.82. The zero-order valence-electron chi connectivity index (χ0n) is 12.3. The first-order valence-electron chi connectivity index (χ1n) is 7.12. The van der Waals surface area contributed by atoms with E-state index in [2.05, 4.69) is 10.3 Å². The first kappa shape index (κ1) is 15.2. The van der Waals surface area contributed by atoms with Crippen molar-refractivity contribution in [1.29, 1.82) is 0 Å². The zero-order chi connectivity index (χ0) is 15.1. The third kappa shape index (κ3) is 4.39. The highest BCUT2D eigenvalue weighted by Crippen LogP contribution is 2.09. The molecule has 21 heavy (non-hydrogen) atoms. The van der Waals surface area contributed by atoms with Gasteiger partial charge in [-0.2, -0.15) is 0 Å². The van der Waals surface area contributed by atoms with Gasteiger partial charge in [-0.1, -0.05) is 30.3 Å². The SMILES string of the molecule is Cc1ccncc1CNC(=O)C(CN)Cc1ccccc1. The number of nitrogens with one attached hydrogen (secondary N) is 1. The Kier molecular flexibility index (Phi) is 5.46. The van der Waals surface area contributed by atoms with Gasteiger partial charge in [0.2, 0.25) is 5.91 Å². The van der Waals surface area contributed by atoms with E-state index in [0.29, 0.717) is 19.5 Å². The van der Waals surface area contributed by atoms with E-state index in [4.69, 9.17) is 5.73 Å². The number of benzene rings is 1. The number of hydrogen-bond donors (Lipinski definition) is 2. The van der Waals surface area contributed by atoms with Crippen molar-refractivity contribution in [3.05, 3.63) is 65.5 Å². The number of pyridine rings is 1. The molecule has 0 aliphatic carbocycles. The molecule has 3 N–H and O–H groups in total. The number of nitrogens with two attached hydrogens (primary N) is 1. The maximum Gasteiger partial charge on any atom is 0.224 e. The predicted molar refractivity (Wildman–Crippen MR) is 83.5 cm³/mol. The Balaban J connectivity index is 1.93. The lowest BCUT2D eigenvalue weighted by molar-refractivity contribution is -0.124. The van der Waals surface area contributed by atoms with Crippen molar-refractivity contribution in [3.8, 4) is 0 Å². The lowest BCUT2D eigenvalue weighted by Crippen LogP contribution is -2.36. The Labute approximate surface area is 125 Å². The van der Waals surface area contributed by atoms with Crippen LogP contribution in [0.25, 0.3) is 0 Å². The summed E-state index contributed by atoms with van der Waals surface area (Å²) in [4.78, 5) is 16.3. The van der Waals surface area contributed by atoms with Crippen LogP contribution in [0, 0.1) is 12.8 Å². The molecular formula is C17H21N3O. The first-order chi connectivity index (χ1) is 10.2. The second-order valence-corrected chi connectivity index (χ2v) is 5.14. The van der Waals surface area contributed by atoms with E-state index in [-0.39, 0.29) is 11.8 Å². The van der Waals surface area contributed by atoms with Crippen molar-refractivity contribution in [3.63, 3.8) is 0 Å². The highest BCUT2D eigenvalue weighted by molar-refractivity contribution is 5.79. The zero-order valence-corrected chi connectivity index (χ0v) is 12.3. The molecule has 0 saturated heterocycles. The van der Waals surface area contributed by atoms with E-state index in [9.17, 15) is 4.79 Å². The molecule has 1 heterocycles.